The third-order valence-corrected chi connectivity index (χ3v) is 5.02. The van der Waals surface area contributed by atoms with Gasteiger partial charge in [-0.05, 0) is 50.6 Å². The summed E-state index contributed by atoms with van der Waals surface area (Å²) in [6.45, 7) is 6.18. The molecule has 130 valence electrons. The molecule has 0 saturated heterocycles. The third-order valence-electron chi connectivity index (χ3n) is 5.02. The minimum atomic E-state index is 0.0530. The van der Waals surface area contributed by atoms with Crippen molar-refractivity contribution in [3.05, 3.63) is 65.1 Å². The van der Waals surface area contributed by atoms with Crippen LogP contribution in [0, 0.1) is 13.8 Å². The van der Waals surface area contributed by atoms with E-state index >= 15 is 0 Å². The van der Waals surface area contributed by atoms with Crippen LogP contribution in [0.1, 0.15) is 34.2 Å². The van der Waals surface area contributed by atoms with Gasteiger partial charge in [0.05, 0.1) is 0 Å². The molecule has 0 N–H and O–H groups in total. The molecule has 2 aromatic heterocycles. The predicted octanol–water partition coefficient (Wildman–Crippen LogP) is 3.89. The van der Waals surface area contributed by atoms with Crippen molar-refractivity contribution in [3.63, 3.8) is 0 Å². The molecular weight excluding hydrogens is 310 g/mol. The fourth-order valence-corrected chi connectivity index (χ4v) is 3.37. The molecule has 1 atom stereocenters. The van der Waals surface area contributed by atoms with E-state index in [4.69, 9.17) is 0 Å². The van der Waals surface area contributed by atoms with Gasteiger partial charge in [-0.3, -0.25) is 9.78 Å². The zero-order valence-electron chi connectivity index (χ0n) is 15.6. The van der Waals surface area contributed by atoms with Crippen LogP contribution in [0.5, 0.6) is 0 Å². The lowest BCUT2D eigenvalue weighted by molar-refractivity contribution is 0.0733. The molecule has 0 fully saturated rings. The normalized spacial score (nSPS) is 12.4. The molecule has 25 heavy (non-hydrogen) atoms. The number of amides is 1. The quantitative estimate of drug-likeness (QED) is 0.725. The van der Waals surface area contributed by atoms with E-state index in [0.29, 0.717) is 0 Å². The second-order valence-electron chi connectivity index (χ2n) is 6.84. The topological polar surface area (TPSA) is 38.1 Å². The van der Waals surface area contributed by atoms with E-state index in [1.54, 1.807) is 6.20 Å². The van der Waals surface area contributed by atoms with Crippen LogP contribution in [0.25, 0.3) is 10.9 Å². The average molecular weight is 335 g/mol. The number of aromatic nitrogens is 2. The summed E-state index contributed by atoms with van der Waals surface area (Å²) in [6.07, 6.45) is 2.53. The van der Waals surface area contributed by atoms with Gasteiger partial charge in [-0.2, -0.15) is 0 Å². The molecule has 4 nitrogen and oxygen atoms in total. The second kappa shape index (κ2) is 6.71. The minimum Gasteiger partial charge on any atom is -0.339 e. The van der Waals surface area contributed by atoms with E-state index in [-0.39, 0.29) is 11.9 Å². The highest BCUT2D eigenvalue weighted by Crippen LogP contribution is 2.27. The Hall–Kier alpha value is -2.62. The zero-order valence-corrected chi connectivity index (χ0v) is 15.6. The largest absolute Gasteiger partial charge is 0.339 e. The molecule has 0 radical (unpaired) electrons. The number of fused-ring (bicyclic) bond motifs is 1. The van der Waals surface area contributed by atoms with Gasteiger partial charge in [-0.1, -0.05) is 17.7 Å². The van der Waals surface area contributed by atoms with Crippen molar-refractivity contribution in [3.8, 4) is 0 Å². The highest BCUT2D eigenvalue weighted by atomic mass is 16.2. The predicted molar refractivity (Wildman–Crippen MR) is 102 cm³/mol. The summed E-state index contributed by atoms with van der Waals surface area (Å²) in [5, 5.41) is 1.15. The fraction of sp³-hybridized carbons (Fsp3) is 0.333. The van der Waals surface area contributed by atoms with Gasteiger partial charge in [-0.25, -0.2) is 0 Å². The molecule has 4 heteroatoms. The minimum absolute atomic E-state index is 0.0530. The SMILES string of the molecule is Cc1ccc2c(c1)c(C)c(C(=O)N(C)[C@H](C)Cc1ccccn1)n2C. The monoisotopic (exact) mass is 335 g/mol. The second-order valence-corrected chi connectivity index (χ2v) is 6.84. The van der Waals surface area contributed by atoms with E-state index in [9.17, 15) is 4.79 Å². The fourth-order valence-electron chi connectivity index (χ4n) is 3.37. The summed E-state index contributed by atoms with van der Waals surface area (Å²) in [4.78, 5) is 19.3. The summed E-state index contributed by atoms with van der Waals surface area (Å²) in [5.74, 6) is 0.0530. The lowest BCUT2D eigenvalue weighted by Crippen LogP contribution is -2.37. The lowest BCUT2D eigenvalue weighted by atomic mass is 10.1. The molecule has 0 unspecified atom stereocenters. The van der Waals surface area contributed by atoms with Crippen LogP contribution in [-0.4, -0.2) is 33.4 Å². The number of likely N-dealkylation sites (N-methyl/N-ethyl adjacent to an activating group) is 1. The first kappa shape index (κ1) is 17.2. The van der Waals surface area contributed by atoms with Crippen molar-refractivity contribution >= 4 is 16.8 Å². The lowest BCUT2D eigenvalue weighted by Gasteiger charge is -2.25. The Morgan fingerprint density at radius 1 is 1.24 bits per heavy atom. The van der Waals surface area contributed by atoms with E-state index in [0.717, 1.165) is 34.3 Å². The third kappa shape index (κ3) is 3.16. The van der Waals surface area contributed by atoms with Gasteiger partial charge in [0.25, 0.3) is 5.91 Å². The molecule has 1 aromatic carbocycles. The molecule has 0 aliphatic rings. The average Bonchev–Trinajstić information content (AvgIpc) is 2.85. The first-order valence-corrected chi connectivity index (χ1v) is 8.63. The smallest absolute Gasteiger partial charge is 0.270 e. The molecule has 1 amide bonds. The standard InChI is InChI=1S/C21H25N3O/c1-14-9-10-19-18(12-14)16(3)20(24(19)5)21(25)23(4)15(2)13-17-8-6-7-11-22-17/h6-12,15H,13H2,1-5H3/t15-/m1/s1. The van der Waals surface area contributed by atoms with E-state index < -0.39 is 0 Å². The van der Waals surface area contributed by atoms with Gasteiger partial charge in [0.15, 0.2) is 0 Å². The van der Waals surface area contributed by atoms with Gasteiger partial charge in [0.2, 0.25) is 0 Å². The highest BCUT2D eigenvalue weighted by Gasteiger charge is 2.24. The van der Waals surface area contributed by atoms with E-state index in [1.807, 2.05) is 48.7 Å². The van der Waals surface area contributed by atoms with E-state index in [2.05, 4.69) is 37.0 Å². The van der Waals surface area contributed by atoms with Gasteiger partial charge < -0.3 is 9.47 Å². The molecule has 3 aromatic rings. The van der Waals surface area contributed by atoms with Crippen molar-refractivity contribution in [2.75, 3.05) is 7.05 Å². The van der Waals surface area contributed by atoms with Crippen molar-refractivity contribution in [1.29, 1.82) is 0 Å². The Morgan fingerprint density at radius 3 is 2.68 bits per heavy atom. The molecule has 0 bridgehead atoms. The van der Waals surface area contributed by atoms with Crippen LogP contribution in [-0.2, 0) is 13.5 Å². The number of carbonyl (C=O) groups is 1. The van der Waals surface area contributed by atoms with Crippen molar-refractivity contribution in [2.24, 2.45) is 7.05 Å². The van der Waals surface area contributed by atoms with E-state index in [1.165, 1.54) is 5.56 Å². The number of aryl methyl sites for hydroxylation is 3. The molecule has 0 spiro atoms. The highest BCUT2D eigenvalue weighted by molar-refractivity contribution is 6.01. The molecule has 0 aliphatic heterocycles. The number of carbonyl (C=O) groups excluding carboxylic acids is 1. The first-order chi connectivity index (χ1) is 11.9. The maximum absolute atomic E-state index is 13.2. The Kier molecular flexibility index (Phi) is 4.62. The Balaban J connectivity index is 1.91. The van der Waals surface area contributed by atoms with Crippen LogP contribution in [0.2, 0.25) is 0 Å². The Bertz CT molecular complexity index is 912. The van der Waals surface area contributed by atoms with Crippen molar-refractivity contribution < 1.29 is 4.79 Å². The van der Waals surface area contributed by atoms with Crippen molar-refractivity contribution in [1.82, 2.24) is 14.5 Å². The number of hydrogen-bond acceptors (Lipinski definition) is 2. The maximum atomic E-state index is 13.2. The molecule has 0 saturated carbocycles. The van der Waals surface area contributed by atoms with Gasteiger partial charge >= 0.3 is 0 Å². The number of nitrogens with zero attached hydrogens (tertiary/aromatic N) is 3. The van der Waals surface area contributed by atoms with Crippen molar-refractivity contribution in [2.45, 2.75) is 33.2 Å². The number of pyridine rings is 1. The summed E-state index contributed by atoms with van der Waals surface area (Å²) in [5.41, 5.74) is 5.10. The van der Waals surface area contributed by atoms with Crippen LogP contribution < -0.4 is 0 Å². The van der Waals surface area contributed by atoms with Crippen LogP contribution in [0.15, 0.2) is 42.6 Å². The molecule has 2 heterocycles. The molecule has 0 aliphatic carbocycles. The summed E-state index contributed by atoms with van der Waals surface area (Å²) in [7, 11) is 3.84. The molecular formula is C21H25N3O. The summed E-state index contributed by atoms with van der Waals surface area (Å²) < 4.78 is 2.01. The molecule has 3 rings (SSSR count). The number of hydrogen-bond donors (Lipinski definition) is 0. The van der Waals surface area contributed by atoms with Crippen LogP contribution in [0.3, 0.4) is 0 Å². The Labute approximate surface area is 149 Å². The summed E-state index contributed by atoms with van der Waals surface area (Å²) in [6, 6.07) is 12.3. The maximum Gasteiger partial charge on any atom is 0.270 e. The van der Waals surface area contributed by atoms with Gasteiger partial charge in [-0.15, -0.1) is 0 Å². The van der Waals surface area contributed by atoms with Gasteiger partial charge in [0, 0.05) is 49.4 Å². The number of benzene rings is 1. The van der Waals surface area contributed by atoms with Gasteiger partial charge in [0.1, 0.15) is 5.69 Å². The van der Waals surface area contributed by atoms with Crippen LogP contribution >= 0.6 is 0 Å². The number of rotatable bonds is 4. The Morgan fingerprint density at radius 2 is 2.00 bits per heavy atom. The zero-order chi connectivity index (χ0) is 18.1. The van der Waals surface area contributed by atoms with Crippen LogP contribution in [0.4, 0.5) is 0 Å². The first-order valence-electron chi connectivity index (χ1n) is 8.63. The summed E-state index contributed by atoms with van der Waals surface area (Å²) >= 11 is 0.